The number of oxazole rings is 1. The fourth-order valence-corrected chi connectivity index (χ4v) is 0.720. The van der Waals surface area contributed by atoms with Crippen LogP contribution < -0.4 is 0 Å². The second-order valence-electron chi connectivity index (χ2n) is 3.58. The van der Waals surface area contributed by atoms with Crippen molar-refractivity contribution in [1.29, 1.82) is 0 Å². The van der Waals surface area contributed by atoms with E-state index in [9.17, 15) is 4.79 Å². The first-order valence-electron chi connectivity index (χ1n) is 3.61. The minimum atomic E-state index is -1.13. The molecule has 1 rings (SSSR count). The van der Waals surface area contributed by atoms with E-state index < -0.39 is 5.97 Å². The highest BCUT2D eigenvalue weighted by Gasteiger charge is 2.21. The van der Waals surface area contributed by atoms with Gasteiger partial charge in [0.15, 0.2) is 0 Å². The molecule has 0 unspecified atom stereocenters. The van der Waals surface area contributed by atoms with Gasteiger partial charge in [0, 0.05) is 5.41 Å². The number of hydrogen-bond acceptors (Lipinski definition) is 3. The van der Waals surface area contributed by atoms with Crippen LogP contribution in [0.5, 0.6) is 0 Å². The molecule has 0 atom stereocenters. The molecular weight excluding hydrogens is 158 g/mol. The molecule has 4 nitrogen and oxygen atoms in total. The van der Waals surface area contributed by atoms with Crippen LogP contribution >= 0.6 is 0 Å². The molecule has 0 fully saturated rings. The van der Waals surface area contributed by atoms with Gasteiger partial charge in [-0.3, -0.25) is 0 Å². The van der Waals surface area contributed by atoms with Gasteiger partial charge in [-0.05, 0) is 0 Å². The summed E-state index contributed by atoms with van der Waals surface area (Å²) in [6.07, 6.45) is 1.45. The number of carbonyl (C=O) groups is 1. The summed E-state index contributed by atoms with van der Waals surface area (Å²) in [5, 5.41) is 8.51. The predicted molar refractivity (Wildman–Crippen MR) is 42.2 cm³/mol. The number of aromatic nitrogens is 1. The summed E-state index contributed by atoms with van der Waals surface area (Å²) in [5.41, 5.74) is -0.194. The van der Waals surface area contributed by atoms with Crippen molar-refractivity contribution in [3.8, 4) is 0 Å². The summed E-state index contributed by atoms with van der Waals surface area (Å²) in [4.78, 5) is 14.0. The molecule has 0 amide bonds. The normalized spacial score (nSPS) is 11.6. The Morgan fingerprint density at radius 1 is 1.58 bits per heavy atom. The van der Waals surface area contributed by atoms with Crippen LogP contribution in [0.3, 0.4) is 0 Å². The van der Waals surface area contributed by atoms with Gasteiger partial charge in [0.25, 0.3) is 0 Å². The monoisotopic (exact) mass is 169 g/mol. The highest BCUT2D eigenvalue weighted by molar-refractivity contribution is 5.82. The lowest BCUT2D eigenvalue weighted by atomic mass is 9.94. The lowest BCUT2D eigenvalue weighted by molar-refractivity contribution is 0.0650. The third-order valence-corrected chi connectivity index (χ3v) is 1.43. The number of rotatable bonds is 1. The van der Waals surface area contributed by atoms with Gasteiger partial charge in [-0.2, -0.15) is 0 Å². The molecule has 1 heterocycles. The van der Waals surface area contributed by atoms with Crippen molar-refractivity contribution in [2.45, 2.75) is 26.2 Å². The first-order valence-corrected chi connectivity index (χ1v) is 3.61. The van der Waals surface area contributed by atoms with Crippen LogP contribution in [-0.4, -0.2) is 16.1 Å². The van der Waals surface area contributed by atoms with Gasteiger partial charge in [0.05, 0.1) is 6.20 Å². The largest absolute Gasteiger partial charge is 0.474 e. The Morgan fingerprint density at radius 3 is 2.42 bits per heavy atom. The van der Waals surface area contributed by atoms with Gasteiger partial charge in [0.2, 0.25) is 0 Å². The van der Waals surface area contributed by atoms with E-state index >= 15 is 0 Å². The molecule has 0 saturated heterocycles. The van der Waals surface area contributed by atoms with Gasteiger partial charge < -0.3 is 9.52 Å². The summed E-state index contributed by atoms with van der Waals surface area (Å²) >= 11 is 0. The molecule has 0 radical (unpaired) electrons. The molecule has 0 aliphatic heterocycles. The lowest BCUT2D eigenvalue weighted by Crippen LogP contribution is -2.09. The number of nitrogens with zero attached hydrogens (tertiary/aromatic N) is 1. The molecule has 12 heavy (non-hydrogen) atoms. The van der Waals surface area contributed by atoms with E-state index in [4.69, 9.17) is 9.52 Å². The highest BCUT2D eigenvalue weighted by atomic mass is 16.4. The second kappa shape index (κ2) is 2.62. The maximum absolute atomic E-state index is 10.4. The van der Waals surface area contributed by atoms with E-state index in [0.717, 1.165) is 0 Å². The molecule has 0 saturated carbocycles. The lowest BCUT2D eigenvalue weighted by Gasteiger charge is -2.12. The van der Waals surface area contributed by atoms with Gasteiger partial charge in [-0.25, -0.2) is 9.78 Å². The van der Waals surface area contributed by atoms with Crippen LogP contribution in [0.2, 0.25) is 0 Å². The Bertz CT molecular complexity index is 295. The molecule has 0 aliphatic carbocycles. The maximum Gasteiger partial charge on any atom is 0.392 e. The standard InChI is InChI=1S/C8H11NO3/c1-8(2,3)5-4-9-6(12-5)7(10)11/h4H,1-3H3,(H,10,11). The number of carboxylic acid groups (broad SMARTS) is 1. The molecule has 0 aromatic carbocycles. The molecule has 1 N–H and O–H groups in total. The Labute approximate surface area is 70.2 Å². The summed E-state index contributed by atoms with van der Waals surface area (Å²) in [6, 6.07) is 0. The van der Waals surface area contributed by atoms with E-state index in [0.29, 0.717) is 5.76 Å². The van der Waals surface area contributed by atoms with Crippen molar-refractivity contribution in [2.75, 3.05) is 0 Å². The van der Waals surface area contributed by atoms with Crippen LogP contribution in [0.4, 0.5) is 0 Å². The van der Waals surface area contributed by atoms with E-state index in [2.05, 4.69) is 4.98 Å². The van der Waals surface area contributed by atoms with Crippen molar-refractivity contribution in [3.05, 3.63) is 17.8 Å². The molecule has 1 aromatic rings. The van der Waals surface area contributed by atoms with E-state index in [1.807, 2.05) is 20.8 Å². The molecular formula is C8H11NO3. The SMILES string of the molecule is CC(C)(C)c1cnc(C(=O)O)o1. The summed E-state index contributed by atoms with van der Waals surface area (Å²) in [6.45, 7) is 5.79. The topological polar surface area (TPSA) is 63.3 Å². The van der Waals surface area contributed by atoms with Crippen LogP contribution in [-0.2, 0) is 5.41 Å². The average Bonchev–Trinajstić information content (AvgIpc) is 2.30. The van der Waals surface area contributed by atoms with Gasteiger partial charge in [0.1, 0.15) is 5.76 Å². The Morgan fingerprint density at radius 2 is 2.17 bits per heavy atom. The molecule has 4 heteroatoms. The number of hydrogen-bond donors (Lipinski definition) is 1. The van der Waals surface area contributed by atoms with Crippen molar-refractivity contribution in [1.82, 2.24) is 4.98 Å². The Balaban J connectivity index is 3.00. The predicted octanol–water partition coefficient (Wildman–Crippen LogP) is 1.67. The minimum Gasteiger partial charge on any atom is -0.474 e. The van der Waals surface area contributed by atoms with E-state index in [1.165, 1.54) is 6.20 Å². The van der Waals surface area contributed by atoms with Crippen molar-refractivity contribution < 1.29 is 14.3 Å². The summed E-state index contributed by atoms with van der Waals surface area (Å²) in [7, 11) is 0. The highest BCUT2D eigenvalue weighted by Crippen LogP contribution is 2.22. The second-order valence-corrected chi connectivity index (χ2v) is 3.58. The third kappa shape index (κ3) is 1.64. The quantitative estimate of drug-likeness (QED) is 0.694. The smallest absolute Gasteiger partial charge is 0.392 e. The molecule has 66 valence electrons. The number of aromatic carboxylic acids is 1. The Kier molecular flexibility index (Phi) is 1.92. The first kappa shape index (κ1) is 8.77. The summed E-state index contributed by atoms with van der Waals surface area (Å²) in [5.74, 6) is -0.801. The van der Waals surface area contributed by atoms with Gasteiger partial charge in [-0.15, -0.1) is 0 Å². The molecule has 0 spiro atoms. The minimum absolute atomic E-state index is 0.194. The summed E-state index contributed by atoms with van der Waals surface area (Å²) < 4.78 is 5.00. The zero-order valence-electron chi connectivity index (χ0n) is 7.29. The zero-order valence-corrected chi connectivity index (χ0v) is 7.29. The number of carboxylic acids is 1. The molecule has 0 bridgehead atoms. The van der Waals surface area contributed by atoms with E-state index in [1.54, 1.807) is 0 Å². The van der Waals surface area contributed by atoms with Gasteiger partial charge in [-0.1, -0.05) is 20.8 Å². The van der Waals surface area contributed by atoms with Crippen LogP contribution in [0, 0.1) is 0 Å². The van der Waals surface area contributed by atoms with Crippen molar-refractivity contribution in [3.63, 3.8) is 0 Å². The zero-order chi connectivity index (χ0) is 9.35. The van der Waals surface area contributed by atoms with Crippen molar-refractivity contribution >= 4 is 5.97 Å². The fourth-order valence-electron chi connectivity index (χ4n) is 0.720. The Hall–Kier alpha value is -1.32. The first-order chi connectivity index (χ1) is 5.41. The van der Waals surface area contributed by atoms with Crippen LogP contribution in [0.25, 0.3) is 0 Å². The van der Waals surface area contributed by atoms with Crippen molar-refractivity contribution in [2.24, 2.45) is 0 Å². The van der Waals surface area contributed by atoms with Crippen LogP contribution in [0.1, 0.15) is 37.2 Å². The van der Waals surface area contributed by atoms with Crippen LogP contribution in [0.15, 0.2) is 10.6 Å². The fraction of sp³-hybridized carbons (Fsp3) is 0.500. The average molecular weight is 169 g/mol. The van der Waals surface area contributed by atoms with Gasteiger partial charge >= 0.3 is 11.9 Å². The van der Waals surface area contributed by atoms with E-state index in [-0.39, 0.29) is 11.3 Å². The molecule has 0 aliphatic rings. The maximum atomic E-state index is 10.4. The third-order valence-electron chi connectivity index (χ3n) is 1.43. The molecule has 1 aromatic heterocycles.